The Kier molecular flexibility index (Phi) is 5.42. The summed E-state index contributed by atoms with van der Waals surface area (Å²) in [5, 5.41) is 0. The van der Waals surface area contributed by atoms with E-state index in [9.17, 15) is 9.59 Å². The van der Waals surface area contributed by atoms with Gasteiger partial charge in [-0.1, -0.05) is 12.1 Å². The minimum atomic E-state index is -0.381. The summed E-state index contributed by atoms with van der Waals surface area (Å²) in [6, 6.07) is 7.89. The fourth-order valence-corrected chi connectivity index (χ4v) is 3.54. The highest BCUT2D eigenvalue weighted by molar-refractivity contribution is 5.71. The first-order chi connectivity index (χ1) is 13.3. The molecule has 0 bridgehead atoms. The van der Waals surface area contributed by atoms with E-state index in [4.69, 9.17) is 9.72 Å². The summed E-state index contributed by atoms with van der Waals surface area (Å²) in [6.45, 7) is 0.849. The highest BCUT2D eigenvalue weighted by atomic mass is 16.5. The van der Waals surface area contributed by atoms with Crippen molar-refractivity contribution in [2.24, 2.45) is 21.1 Å². The molecule has 2 aromatic heterocycles. The average Bonchev–Trinajstić information content (AvgIpc) is 3.02. The van der Waals surface area contributed by atoms with Crippen molar-refractivity contribution in [3.05, 3.63) is 56.5 Å². The minimum Gasteiger partial charge on any atom is -0.497 e. The number of ether oxygens (including phenoxy) is 1. The molecule has 8 heteroatoms. The van der Waals surface area contributed by atoms with Crippen LogP contribution in [0, 0.1) is 0 Å². The van der Waals surface area contributed by atoms with E-state index in [0.29, 0.717) is 11.2 Å². The number of methoxy groups -OCH3 is 1. The van der Waals surface area contributed by atoms with Gasteiger partial charge in [0.15, 0.2) is 11.2 Å². The standard InChI is InChI=1S/C20H27N5O3/c1-22(2)11-10-15(13-8-7-9-14(12-13)28-6)17-21-18-16(23(17)3)19(26)25(5)20(27)24(18)4/h7-9,12,15H,10-11H2,1-6H3. The van der Waals surface area contributed by atoms with Crippen LogP contribution in [0.25, 0.3) is 11.2 Å². The van der Waals surface area contributed by atoms with E-state index in [2.05, 4.69) is 4.90 Å². The fourth-order valence-electron chi connectivity index (χ4n) is 3.54. The summed E-state index contributed by atoms with van der Waals surface area (Å²) in [5.41, 5.74) is 1.17. The van der Waals surface area contributed by atoms with Gasteiger partial charge in [0.2, 0.25) is 0 Å². The molecular formula is C20H27N5O3. The van der Waals surface area contributed by atoms with Gasteiger partial charge < -0.3 is 14.2 Å². The molecule has 28 heavy (non-hydrogen) atoms. The number of fused-ring (bicyclic) bond motifs is 1. The Bertz CT molecular complexity index is 1120. The number of aromatic nitrogens is 4. The summed E-state index contributed by atoms with van der Waals surface area (Å²) >= 11 is 0. The predicted octanol–water partition coefficient (Wildman–Crippen LogP) is 1.06. The van der Waals surface area contributed by atoms with Gasteiger partial charge in [0.1, 0.15) is 11.6 Å². The molecule has 3 rings (SSSR count). The van der Waals surface area contributed by atoms with Crippen molar-refractivity contribution in [1.82, 2.24) is 23.6 Å². The monoisotopic (exact) mass is 385 g/mol. The summed E-state index contributed by atoms with van der Waals surface area (Å²) in [6.07, 6.45) is 0.811. The zero-order valence-corrected chi connectivity index (χ0v) is 17.3. The second kappa shape index (κ2) is 7.63. The molecule has 0 aliphatic heterocycles. The van der Waals surface area contributed by atoms with Gasteiger partial charge in [0.05, 0.1) is 7.11 Å². The lowest BCUT2D eigenvalue weighted by Gasteiger charge is -2.20. The van der Waals surface area contributed by atoms with Gasteiger partial charge >= 0.3 is 5.69 Å². The Hall–Kier alpha value is -2.87. The summed E-state index contributed by atoms with van der Waals surface area (Å²) < 4.78 is 9.75. The maximum Gasteiger partial charge on any atom is 0.332 e. The summed E-state index contributed by atoms with van der Waals surface area (Å²) in [5.74, 6) is 1.48. The third-order valence-electron chi connectivity index (χ3n) is 5.18. The molecule has 0 saturated heterocycles. The second-order valence-electron chi connectivity index (χ2n) is 7.33. The van der Waals surface area contributed by atoms with Gasteiger partial charge in [0.25, 0.3) is 5.56 Å². The van der Waals surface area contributed by atoms with Crippen LogP contribution in [0.2, 0.25) is 0 Å². The molecule has 1 unspecified atom stereocenters. The summed E-state index contributed by atoms with van der Waals surface area (Å²) in [7, 11) is 10.7. The topological polar surface area (TPSA) is 74.3 Å². The molecule has 1 atom stereocenters. The lowest BCUT2D eigenvalue weighted by molar-refractivity contribution is 0.385. The van der Waals surface area contributed by atoms with Crippen molar-refractivity contribution >= 4 is 11.2 Å². The Labute approximate surface area is 163 Å². The average molecular weight is 385 g/mol. The summed E-state index contributed by atoms with van der Waals surface area (Å²) in [4.78, 5) is 31.9. The van der Waals surface area contributed by atoms with Crippen LogP contribution < -0.4 is 16.0 Å². The van der Waals surface area contributed by atoms with Gasteiger partial charge in [-0.15, -0.1) is 0 Å². The second-order valence-corrected chi connectivity index (χ2v) is 7.33. The lowest BCUT2D eigenvalue weighted by Crippen LogP contribution is -2.37. The van der Waals surface area contributed by atoms with Crippen molar-refractivity contribution in [3.63, 3.8) is 0 Å². The number of hydrogen-bond donors (Lipinski definition) is 0. The maximum atomic E-state index is 12.7. The van der Waals surface area contributed by atoms with Crippen LogP contribution in [0.1, 0.15) is 23.7 Å². The minimum absolute atomic E-state index is 0.0466. The van der Waals surface area contributed by atoms with Crippen LogP contribution in [0.4, 0.5) is 0 Å². The van der Waals surface area contributed by atoms with Crippen molar-refractivity contribution in [2.75, 3.05) is 27.7 Å². The third kappa shape index (κ3) is 3.35. The Balaban J connectivity index is 2.25. The van der Waals surface area contributed by atoms with Crippen LogP contribution in [0.3, 0.4) is 0 Å². The highest BCUT2D eigenvalue weighted by Gasteiger charge is 2.24. The normalized spacial score (nSPS) is 12.7. The van der Waals surface area contributed by atoms with Crippen LogP contribution in [-0.4, -0.2) is 51.3 Å². The van der Waals surface area contributed by atoms with Gasteiger partial charge in [-0.25, -0.2) is 9.78 Å². The first-order valence-electron chi connectivity index (χ1n) is 9.17. The molecule has 0 aliphatic rings. The Morgan fingerprint density at radius 2 is 1.82 bits per heavy atom. The zero-order chi connectivity index (χ0) is 20.6. The van der Waals surface area contributed by atoms with E-state index in [-0.39, 0.29) is 17.2 Å². The van der Waals surface area contributed by atoms with E-state index in [0.717, 1.165) is 34.7 Å². The van der Waals surface area contributed by atoms with E-state index < -0.39 is 0 Å². The molecule has 0 N–H and O–H groups in total. The Morgan fingerprint density at radius 1 is 1.11 bits per heavy atom. The van der Waals surface area contributed by atoms with Crippen LogP contribution in [0.15, 0.2) is 33.9 Å². The fraction of sp³-hybridized carbons (Fsp3) is 0.450. The molecule has 0 saturated carbocycles. The highest BCUT2D eigenvalue weighted by Crippen LogP contribution is 2.30. The number of hydrogen-bond acceptors (Lipinski definition) is 5. The molecule has 0 spiro atoms. The first-order valence-corrected chi connectivity index (χ1v) is 9.17. The van der Waals surface area contributed by atoms with E-state index in [1.165, 1.54) is 11.6 Å². The number of rotatable bonds is 6. The van der Waals surface area contributed by atoms with E-state index >= 15 is 0 Å². The molecule has 1 aromatic carbocycles. The van der Waals surface area contributed by atoms with Crippen molar-refractivity contribution in [1.29, 1.82) is 0 Å². The quantitative estimate of drug-likeness (QED) is 0.634. The van der Waals surface area contributed by atoms with Crippen molar-refractivity contribution in [3.8, 4) is 5.75 Å². The number of benzene rings is 1. The number of aryl methyl sites for hydroxylation is 2. The van der Waals surface area contributed by atoms with Crippen LogP contribution in [-0.2, 0) is 21.1 Å². The molecule has 0 radical (unpaired) electrons. The van der Waals surface area contributed by atoms with Crippen LogP contribution >= 0.6 is 0 Å². The van der Waals surface area contributed by atoms with Gasteiger partial charge in [-0.2, -0.15) is 0 Å². The molecule has 0 aliphatic carbocycles. The molecule has 2 heterocycles. The van der Waals surface area contributed by atoms with Gasteiger partial charge in [-0.05, 0) is 44.8 Å². The van der Waals surface area contributed by atoms with E-state index in [1.54, 1.807) is 14.2 Å². The lowest BCUT2D eigenvalue weighted by atomic mass is 9.94. The SMILES string of the molecule is COc1cccc(C(CCN(C)C)c2nc3c(c(=O)n(C)c(=O)n3C)n2C)c1. The van der Waals surface area contributed by atoms with Gasteiger partial charge in [0, 0.05) is 27.1 Å². The molecule has 0 amide bonds. The maximum absolute atomic E-state index is 12.7. The third-order valence-corrected chi connectivity index (χ3v) is 5.18. The molecule has 3 aromatic rings. The van der Waals surface area contributed by atoms with E-state index in [1.807, 2.05) is 50.0 Å². The van der Waals surface area contributed by atoms with Crippen LogP contribution in [0.5, 0.6) is 5.75 Å². The number of imidazole rings is 1. The molecule has 8 nitrogen and oxygen atoms in total. The largest absolute Gasteiger partial charge is 0.497 e. The molecular weight excluding hydrogens is 358 g/mol. The number of nitrogens with zero attached hydrogens (tertiary/aromatic N) is 5. The molecule has 0 fully saturated rings. The molecule has 150 valence electrons. The smallest absolute Gasteiger partial charge is 0.332 e. The predicted molar refractivity (Wildman–Crippen MR) is 109 cm³/mol. The zero-order valence-electron chi connectivity index (χ0n) is 17.3. The Morgan fingerprint density at radius 3 is 2.46 bits per heavy atom. The van der Waals surface area contributed by atoms with Gasteiger partial charge in [-0.3, -0.25) is 13.9 Å². The first kappa shape index (κ1) is 19.9. The van der Waals surface area contributed by atoms with Crippen molar-refractivity contribution in [2.45, 2.75) is 12.3 Å². The van der Waals surface area contributed by atoms with Crippen molar-refractivity contribution < 1.29 is 4.74 Å².